The molecule has 1 N–H and O–H groups in total. The second-order valence-corrected chi connectivity index (χ2v) is 7.86. The van der Waals surface area contributed by atoms with E-state index in [2.05, 4.69) is 0 Å². The number of hydrogen-bond donors (Lipinski definition) is 1. The van der Waals surface area contributed by atoms with Gasteiger partial charge in [-0.1, -0.05) is 54.6 Å². The third kappa shape index (κ3) is 4.55. The molecule has 1 aliphatic rings. The number of likely N-dealkylation sites (tertiary alicyclic amines) is 1. The summed E-state index contributed by atoms with van der Waals surface area (Å²) in [5, 5.41) is 9.96. The van der Waals surface area contributed by atoms with Crippen molar-refractivity contribution in [1.29, 1.82) is 0 Å². The first-order chi connectivity index (χ1) is 12.7. The first-order valence-corrected chi connectivity index (χ1v) is 9.13. The highest BCUT2D eigenvalue weighted by Crippen LogP contribution is 2.26. The summed E-state index contributed by atoms with van der Waals surface area (Å²) in [7, 11) is 0. The lowest BCUT2D eigenvalue weighted by atomic mass is 9.99. The number of carbonyl (C=O) groups excluding carboxylic acids is 2. The minimum atomic E-state index is -1.16. The highest BCUT2D eigenvalue weighted by molar-refractivity contribution is 5.96. The van der Waals surface area contributed by atoms with Gasteiger partial charge in [0.2, 0.25) is 0 Å². The molecule has 3 rings (SSSR count). The van der Waals surface area contributed by atoms with Crippen LogP contribution in [0.2, 0.25) is 0 Å². The maximum Gasteiger partial charge on any atom is 0.417 e. The van der Waals surface area contributed by atoms with Crippen LogP contribution >= 0.6 is 0 Å². The predicted octanol–water partition coefficient (Wildman–Crippen LogP) is 3.79. The summed E-state index contributed by atoms with van der Waals surface area (Å²) in [6, 6.07) is 17.7. The van der Waals surface area contributed by atoms with E-state index in [1.54, 1.807) is 20.8 Å². The van der Waals surface area contributed by atoms with Crippen molar-refractivity contribution in [2.75, 3.05) is 0 Å². The van der Waals surface area contributed by atoms with Crippen LogP contribution in [0.25, 0.3) is 11.1 Å². The molecule has 5 heteroatoms. The Balaban J connectivity index is 1.75. The number of aliphatic hydroxyl groups is 1. The van der Waals surface area contributed by atoms with E-state index in [-0.39, 0.29) is 6.42 Å². The highest BCUT2D eigenvalue weighted by atomic mass is 16.6. The van der Waals surface area contributed by atoms with Gasteiger partial charge in [0.15, 0.2) is 0 Å². The van der Waals surface area contributed by atoms with E-state index in [4.69, 9.17) is 4.74 Å². The van der Waals surface area contributed by atoms with Crippen LogP contribution in [0.5, 0.6) is 0 Å². The number of benzene rings is 2. The molecule has 27 heavy (non-hydrogen) atoms. The van der Waals surface area contributed by atoms with Gasteiger partial charge in [-0.05, 0) is 43.9 Å². The number of aliphatic hydroxyl groups excluding tert-OH is 1. The smallest absolute Gasteiger partial charge is 0.417 e. The minimum absolute atomic E-state index is 0.221. The van der Waals surface area contributed by atoms with Crippen molar-refractivity contribution in [3.63, 3.8) is 0 Å². The van der Waals surface area contributed by atoms with Gasteiger partial charge in [0.25, 0.3) is 5.91 Å². The summed E-state index contributed by atoms with van der Waals surface area (Å²) >= 11 is 0. The molecule has 1 aliphatic heterocycles. The standard InChI is InChI=1S/C22H25NO4/c1-22(2,3)27-21(26)23-18(14-19(24)20(23)25)13-15-9-11-17(12-10-15)16-7-5-4-6-8-16/h4-12,18-19,24H,13-14H2,1-3H3/t18-,19-/m1/s1. The molecule has 1 fully saturated rings. The highest BCUT2D eigenvalue weighted by Gasteiger charge is 2.44. The Morgan fingerprint density at radius 3 is 2.26 bits per heavy atom. The van der Waals surface area contributed by atoms with Crippen LogP contribution in [0.1, 0.15) is 32.8 Å². The maximum absolute atomic E-state index is 12.4. The molecule has 2 aromatic carbocycles. The van der Waals surface area contributed by atoms with Crippen LogP contribution in [0.4, 0.5) is 4.79 Å². The molecule has 2 aromatic rings. The fraction of sp³-hybridized carbons (Fsp3) is 0.364. The number of nitrogens with zero attached hydrogens (tertiary/aromatic N) is 1. The molecule has 2 atom stereocenters. The van der Waals surface area contributed by atoms with Crippen LogP contribution in [-0.4, -0.2) is 39.8 Å². The predicted molar refractivity (Wildman–Crippen MR) is 103 cm³/mol. The normalized spacial score (nSPS) is 20.0. The second kappa shape index (κ2) is 7.53. The summed E-state index contributed by atoms with van der Waals surface area (Å²) in [6.45, 7) is 5.25. The minimum Gasteiger partial charge on any atom is -0.443 e. The van der Waals surface area contributed by atoms with Gasteiger partial charge in [-0.2, -0.15) is 0 Å². The van der Waals surface area contributed by atoms with Crippen molar-refractivity contribution in [1.82, 2.24) is 4.90 Å². The average Bonchev–Trinajstić information content (AvgIpc) is 2.89. The number of hydrogen-bond acceptors (Lipinski definition) is 4. The molecule has 1 heterocycles. The quantitative estimate of drug-likeness (QED) is 0.896. The number of imide groups is 1. The van der Waals surface area contributed by atoms with Crippen LogP contribution < -0.4 is 0 Å². The van der Waals surface area contributed by atoms with Gasteiger partial charge in [-0.3, -0.25) is 4.79 Å². The van der Waals surface area contributed by atoms with Gasteiger partial charge in [-0.25, -0.2) is 9.69 Å². The van der Waals surface area contributed by atoms with E-state index in [0.717, 1.165) is 21.6 Å². The number of amides is 2. The molecule has 2 amide bonds. The third-order valence-corrected chi connectivity index (χ3v) is 4.51. The van der Waals surface area contributed by atoms with E-state index in [1.807, 2.05) is 54.6 Å². The second-order valence-electron chi connectivity index (χ2n) is 7.86. The molecule has 0 aromatic heterocycles. The molecule has 0 spiro atoms. The van der Waals surface area contributed by atoms with Crippen LogP contribution in [0.15, 0.2) is 54.6 Å². The largest absolute Gasteiger partial charge is 0.443 e. The Kier molecular flexibility index (Phi) is 5.33. The molecule has 0 unspecified atom stereocenters. The average molecular weight is 367 g/mol. The van der Waals surface area contributed by atoms with Crippen molar-refractivity contribution >= 4 is 12.0 Å². The van der Waals surface area contributed by atoms with Crippen molar-refractivity contribution < 1.29 is 19.4 Å². The number of ether oxygens (including phenoxy) is 1. The van der Waals surface area contributed by atoms with Crippen LogP contribution in [0, 0.1) is 0 Å². The van der Waals surface area contributed by atoms with Gasteiger partial charge in [0, 0.05) is 6.42 Å². The summed E-state index contributed by atoms with van der Waals surface area (Å²) in [5.41, 5.74) is 2.53. The Morgan fingerprint density at radius 1 is 1.07 bits per heavy atom. The van der Waals surface area contributed by atoms with Crippen LogP contribution in [0.3, 0.4) is 0 Å². The lowest BCUT2D eigenvalue weighted by Gasteiger charge is -2.27. The zero-order valence-corrected chi connectivity index (χ0v) is 15.9. The van der Waals surface area contributed by atoms with Gasteiger partial charge in [0.05, 0.1) is 6.04 Å². The van der Waals surface area contributed by atoms with Crippen molar-refractivity contribution in [2.45, 2.75) is 51.4 Å². The van der Waals surface area contributed by atoms with Gasteiger partial charge in [-0.15, -0.1) is 0 Å². The van der Waals surface area contributed by atoms with E-state index >= 15 is 0 Å². The first kappa shape index (κ1) is 19.1. The molecule has 0 aliphatic carbocycles. The van der Waals surface area contributed by atoms with E-state index in [0.29, 0.717) is 6.42 Å². The number of carbonyl (C=O) groups is 2. The van der Waals surface area contributed by atoms with Crippen molar-refractivity contribution in [3.8, 4) is 11.1 Å². The Hall–Kier alpha value is -2.66. The summed E-state index contributed by atoms with van der Waals surface area (Å²) in [5.74, 6) is -0.588. The topological polar surface area (TPSA) is 66.8 Å². The lowest BCUT2D eigenvalue weighted by Crippen LogP contribution is -2.44. The zero-order chi connectivity index (χ0) is 19.6. The van der Waals surface area contributed by atoms with Gasteiger partial charge < -0.3 is 9.84 Å². The van der Waals surface area contributed by atoms with E-state index in [1.165, 1.54) is 0 Å². The molecule has 142 valence electrons. The fourth-order valence-electron chi connectivity index (χ4n) is 3.27. The Morgan fingerprint density at radius 2 is 1.67 bits per heavy atom. The lowest BCUT2D eigenvalue weighted by molar-refractivity contribution is -0.134. The fourth-order valence-corrected chi connectivity index (χ4v) is 3.27. The molecule has 0 radical (unpaired) electrons. The molecule has 0 saturated carbocycles. The van der Waals surface area contributed by atoms with Gasteiger partial charge >= 0.3 is 6.09 Å². The molecule has 0 bridgehead atoms. The molecular weight excluding hydrogens is 342 g/mol. The molecular formula is C22H25NO4. The maximum atomic E-state index is 12.4. The van der Waals surface area contributed by atoms with Crippen molar-refractivity contribution in [2.24, 2.45) is 0 Å². The van der Waals surface area contributed by atoms with Gasteiger partial charge in [0.1, 0.15) is 11.7 Å². The van der Waals surface area contributed by atoms with Crippen LogP contribution in [-0.2, 0) is 16.0 Å². The number of rotatable bonds is 3. The molecule has 5 nitrogen and oxygen atoms in total. The Bertz CT molecular complexity index is 808. The zero-order valence-electron chi connectivity index (χ0n) is 15.9. The monoisotopic (exact) mass is 367 g/mol. The van der Waals surface area contributed by atoms with E-state index < -0.39 is 29.7 Å². The van der Waals surface area contributed by atoms with Crippen molar-refractivity contribution in [3.05, 3.63) is 60.2 Å². The molecule has 1 saturated heterocycles. The van der Waals surface area contributed by atoms with E-state index in [9.17, 15) is 14.7 Å². The summed E-state index contributed by atoms with van der Waals surface area (Å²) in [6.07, 6.45) is -1.16. The summed E-state index contributed by atoms with van der Waals surface area (Å²) in [4.78, 5) is 25.7. The summed E-state index contributed by atoms with van der Waals surface area (Å²) < 4.78 is 5.34. The third-order valence-electron chi connectivity index (χ3n) is 4.51. The Labute approximate surface area is 159 Å². The SMILES string of the molecule is CC(C)(C)OC(=O)N1C(=O)[C@H](O)C[C@H]1Cc1ccc(-c2ccccc2)cc1. The first-order valence-electron chi connectivity index (χ1n) is 9.13.